The fraction of sp³-hybridized carbons (Fsp3) is 0.217. The van der Waals surface area contributed by atoms with Crippen molar-refractivity contribution in [3.05, 3.63) is 87.7 Å². The molecule has 1 aliphatic rings. The molecule has 2 heterocycles. The summed E-state index contributed by atoms with van der Waals surface area (Å²) >= 11 is 0. The average Bonchev–Trinajstić information content (AvgIpc) is 3.31. The lowest BCUT2D eigenvalue weighted by Crippen LogP contribution is -2.48. The monoisotopic (exact) mass is 434 g/mol. The van der Waals surface area contributed by atoms with Crippen LogP contribution in [-0.4, -0.2) is 47.8 Å². The predicted octanol–water partition coefficient (Wildman–Crippen LogP) is 3.71. The van der Waals surface area contributed by atoms with Crippen molar-refractivity contribution in [3.63, 3.8) is 0 Å². The van der Waals surface area contributed by atoms with E-state index in [0.29, 0.717) is 37.4 Å². The second-order valence-electron chi connectivity index (χ2n) is 7.54. The number of hydrogen-bond acceptors (Lipinski definition) is 6. The third-order valence-electron chi connectivity index (χ3n) is 5.35. The van der Waals surface area contributed by atoms with Crippen LogP contribution < -0.4 is 10.2 Å². The Balaban J connectivity index is 1.32. The van der Waals surface area contributed by atoms with Gasteiger partial charge in [0.25, 0.3) is 11.8 Å². The first kappa shape index (κ1) is 21.1. The van der Waals surface area contributed by atoms with Crippen LogP contribution in [0.3, 0.4) is 0 Å². The van der Waals surface area contributed by atoms with Crippen molar-refractivity contribution >= 4 is 29.1 Å². The largest absolute Gasteiger partial charge is 0.433 e. The number of nitrogens with zero attached hydrogens (tertiary/aromatic N) is 3. The summed E-state index contributed by atoms with van der Waals surface area (Å²) in [4.78, 5) is 38.9. The lowest BCUT2D eigenvalue weighted by atomic mass is 10.1. The maximum absolute atomic E-state index is 12.7. The number of carbonyl (C=O) groups is 2. The Labute approximate surface area is 184 Å². The number of amides is 2. The molecule has 0 saturated carbocycles. The van der Waals surface area contributed by atoms with Gasteiger partial charge in [-0.25, -0.2) is 0 Å². The predicted molar refractivity (Wildman–Crippen MR) is 119 cm³/mol. The smallest absolute Gasteiger partial charge is 0.395 e. The minimum absolute atomic E-state index is 0.0425. The standard InChI is InChI=1S/C23H22N4O5/c1-16-2-4-17(5-3-16)23(29)26-14-12-25(13-15-26)19-8-6-18(7-9-19)24-22(28)20-10-11-21(32-20)27(30)31/h2-11H,12-15H2,1H3,(H,24,28). The van der Waals surface area contributed by atoms with Gasteiger partial charge in [0, 0.05) is 43.1 Å². The fourth-order valence-corrected chi connectivity index (χ4v) is 3.54. The number of benzene rings is 2. The molecule has 2 amide bonds. The highest BCUT2D eigenvalue weighted by atomic mass is 16.6. The van der Waals surface area contributed by atoms with E-state index in [-0.39, 0.29) is 11.7 Å². The van der Waals surface area contributed by atoms with E-state index in [9.17, 15) is 19.7 Å². The van der Waals surface area contributed by atoms with Crippen LogP contribution in [0.25, 0.3) is 0 Å². The number of nitrogens with one attached hydrogen (secondary N) is 1. The van der Waals surface area contributed by atoms with Crippen LogP contribution in [-0.2, 0) is 0 Å². The van der Waals surface area contributed by atoms with Crippen molar-refractivity contribution < 1.29 is 18.9 Å². The number of furan rings is 1. The van der Waals surface area contributed by atoms with Crippen LogP contribution in [0.2, 0.25) is 0 Å². The van der Waals surface area contributed by atoms with Crippen molar-refractivity contribution in [2.75, 3.05) is 36.4 Å². The van der Waals surface area contributed by atoms with E-state index in [1.165, 1.54) is 6.07 Å². The van der Waals surface area contributed by atoms with Gasteiger partial charge in [-0.1, -0.05) is 17.7 Å². The summed E-state index contributed by atoms with van der Waals surface area (Å²) in [5.74, 6) is -1.13. The van der Waals surface area contributed by atoms with Crippen LogP contribution in [0.15, 0.2) is 65.1 Å². The van der Waals surface area contributed by atoms with E-state index in [4.69, 9.17) is 4.42 Å². The van der Waals surface area contributed by atoms with E-state index in [1.807, 2.05) is 48.2 Å². The van der Waals surface area contributed by atoms with Crippen molar-refractivity contribution in [1.82, 2.24) is 4.90 Å². The van der Waals surface area contributed by atoms with Crippen molar-refractivity contribution in [1.29, 1.82) is 0 Å². The van der Waals surface area contributed by atoms with E-state index in [2.05, 4.69) is 10.2 Å². The number of rotatable bonds is 5. The lowest BCUT2D eigenvalue weighted by molar-refractivity contribution is -0.402. The summed E-state index contributed by atoms with van der Waals surface area (Å²) in [5, 5.41) is 13.3. The molecule has 9 nitrogen and oxygen atoms in total. The highest BCUT2D eigenvalue weighted by Gasteiger charge is 2.22. The molecule has 164 valence electrons. The quantitative estimate of drug-likeness (QED) is 0.484. The Morgan fingerprint density at radius 1 is 0.938 bits per heavy atom. The Morgan fingerprint density at radius 2 is 1.59 bits per heavy atom. The first-order chi connectivity index (χ1) is 15.4. The van der Waals surface area contributed by atoms with Gasteiger partial charge in [-0.3, -0.25) is 19.7 Å². The summed E-state index contributed by atoms with van der Waals surface area (Å²) in [6, 6.07) is 17.3. The second-order valence-corrected chi connectivity index (χ2v) is 7.54. The Bertz CT molecular complexity index is 1130. The molecule has 1 saturated heterocycles. The molecular formula is C23H22N4O5. The summed E-state index contributed by atoms with van der Waals surface area (Å²) in [6.45, 7) is 4.66. The summed E-state index contributed by atoms with van der Waals surface area (Å²) < 4.78 is 4.91. The zero-order valence-electron chi connectivity index (χ0n) is 17.5. The maximum Gasteiger partial charge on any atom is 0.433 e. The zero-order valence-corrected chi connectivity index (χ0v) is 17.5. The van der Waals surface area contributed by atoms with Crippen LogP contribution in [0.4, 0.5) is 17.3 Å². The molecule has 0 bridgehead atoms. The molecule has 1 aliphatic heterocycles. The van der Waals surface area contributed by atoms with E-state index in [0.717, 1.165) is 17.3 Å². The van der Waals surface area contributed by atoms with Gasteiger partial charge >= 0.3 is 5.88 Å². The minimum atomic E-state index is -0.695. The van der Waals surface area contributed by atoms with Crippen molar-refractivity contribution in [2.24, 2.45) is 0 Å². The lowest BCUT2D eigenvalue weighted by Gasteiger charge is -2.36. The summed E-state index contributed by atoms with van der Waals surface area (Å²) in [7, 11) is 0. The molecule has 3 aromatic rings. The molecule has 2 aromatic carbocycles. The normalized spacial score (nSPS) is 13.7. The number of aryl methyl sites for hydroxylation is 1. The molecule has 0 atom stereocenters. The number of hydrogen-bond donors (Lipinski definition) is 1. The molecule has 1 N–H and O–H groups in total. The van der Waals surface area contributed by atoms with Crippen LogP contribution in [0, 0.1) is 17.0 Å². The van der Waals surface area contributed by atoms with Crippen molar-refractivity contribution in [3.8, 4) is 0 Å². The van der Waals surface area contributed by atoms with Crippen molar-refractivity contribution in [2.45, 2.75) is 6.92 Å². The zero-order chi connectivity index (χ0) is 22.7. The van der Waals surface area contributed by atoms with Gasteiger partial charge in [-0.05, 0) is 49.4 Å². The number of piperazine rings is 1. The maximum atomic E-state index is 12.7. The molecule has 1 fully saturated rings. The highest BCUT2D eigenvalue weighted by molar-refractivity contribution is 6.02. The topological polar surface area (TPSA) is 109 Å². The Morgan fingerprint density at radius 3 is 2.19 bits per heavy atom. The van der Waals surface area contributed by atoms with Gasteiger partial charge in [0.15, 0.2) is 5.76 Å². The van der Waals surface area contributed by atoms with Gasteiger partial charge in [0.1, 0.15) is 4.92 Å². The van der Waals surface area contributed by atoms with Gasteiger partial charge in [0.05, 0.1) is 6.07 Å². The molecule has 0 spiro atoms. The first-order valence-corrected chi connectivity index (χ1v) is 10.2. The molecule has 4 rings (SSSR count). The number of carbonyl (C=O) groups excluding carboxylic acids is 2. The van der Waals surface area contributed by atoms with Gasteiger partial charge < -0.3 is 19.5 Å². The van der Waals surface area contributed by atoms with Gasteiger partial charge in [-0.2, -0.15) is 0 Å². The van der Waals surface area contributed by atoms with E-state index < -0.39 is 16.7 Å². The number of nitro groups is 1. The van der Waals surface area contributed by atoms with Crippen LogP contribution in [0.5, 0.6) is 0 Å². The highest BCUT2D eigenvalue weighted by Crippen LogP contribution is 2.22. The second kappa shape index (κ2) is 8.93. The van der Waals surface area contributed by atoms with Gasteiger partial charge in [0.2, 0.25) is 0 Å². The molecule has 1 aromatic heterocycles. The fourth-order valence-electron chi connectivity index (χ4n) is 3.54. The van der Waals surface area contributed by atoms with E-state index in [1.54, 1.807) is 12.1 Å². The Hall–Kier alpha value is -4.14. The molecular weight excluding hydrogens is 412 g/mol. The Kier molecular flexibility index (Phi) is 5.89. The average molecular weight is 434 g/mol. The summed E-state index contributed by atoms with van der Waals surface area (Å²) in [6.07, 6.45) is 0. The van der Waals surface area contributed by atoms with Crippen LogP contribution in [0.1, 0.15) is 26.5 Å². The summed E-state index contributed by atoms with van der Waals surface area (Å²) in [5.41, 5.74) is 3.35. The third kappa shape index (κ3) is 4.61. The SMILES string of the molecule is Cc1ccc(C(=O)N2CCN(c3ccc(NC(=O)c4ccc([N+](=O)[O-])o4)cc3)CC2)cc1. The third-order valence-corrected chi connectivity index (χ3v) is 5.35. The molecule has 0 unspecified atom stereocenters. The molecule has 0 aliphatic carbocycles. The van der Waals surface area contributed by atoms with Gasteiger partial charge in [-0.15, -0.1) is 0 Å². The minimum Gasteiger partial charge on any atom is -0.395 e. The first-order valence-electron chi connectivity index (χ1n) is 10.2. The van der Waals surface area contributed by atoms with Crippen LogP contribution >= 0.6 is 0 Å². The molecule has 9 heteroatoms. The van der Waals surface area contributed by atoms with E-state index >= 15 is 0 Å². The molecule has 0 radical (unpaired) electrons. The molecule has 32 heavy (non-hydrogen) atoms. The number of anilines is 2.